The lowest BCUT2D eigenvalue weighted by molar-refractivity contribution is -0.0524. The van der Waals surface area contributed by atoms with Gasteiger partial charge in [0.05, 0.1) is 5.60 Å². The lowest BCUT2D eigenvalue weighted by Crippen LogP contribution is -2.48. The molecule has 0 unspecified atom stereocenters. The average Bonchev–Trinajstić information content (AvgIpc) is 2.53. The quantitative estimate of drug-likeness (QED) is 0.940. The molecule has 1 aliphatic rings. The molecule has 3 heterocycles. The molecule has 1 saturated heterocycles. The van der Waals surface area contributed by atoms with Crippen molar-refractivity contribution in [2.24, 2.45) is 5.92 Å². The smallest absolute Gasteiger partial charge is 0.178 e. The van der Waals surface area contributed by atoms with Gasteiger partial charge in [0.1, 0.15) is 5.69 Å². The fourth-order valence-electron chi connectivity index (χ4n) is 2.77. The number of hydrogen-bond donors (Lipinski definition) is 1. The van der Waals surface area contributed by atoms with Crippen LogP contribution >= 0.6 is 0 Å². The van der Waals surface area contributed by atoms with Crippen LogP contribution in [0.4, 0.5) is 0 Å². The zero-order chi connectivity index (χ0) is 15.6. The Hall–Kier alpha value is -1.85. The van der Waals surface area contributed by atoms with E-state index in [0.717, 1.165) is 37.3 Å². The molecule has 1 N–H and O–H groups in total. The molecular formula is C17H22N4O. The predicted octanol–water partition coefficient (Wildman–Crippen LogP) is 2.13. The molecule has 2 aromatic heterocycles. The van der Waals surface area contributed by atoms with Crippen molar-refractivity contribution < 1.29 is 5.11 Å². The van der Waals surface area contributed by atoms with E-state index in [0.29, 0.717) is 5.82 Å². The number of aromatic nitrogens is 3. The summed E-state index contributed by atoms with van der Waals surface area (Å²) >= 11 is 0. The number of piperidine rings is 1. The van der Waals surface area contributed by atoms with Crippen molar-refractivity contribution in [2.45, 2.75) is 32.4 Å². The van der Waals surface area contributed by atoms with E-state index in [4.69, 9.17) is 0 Å². The molecule has 5 heteroatoms. The highest BCUT2D eigenvalue weighted by atomic mass is 16.3. The molecule has 0 spiro atoms. The fourth-order valence-corrected chi connectivity index (χ4v) is 2.77. The molecule has 0 amide bonds. The topological polar surface area (TPSA) is 62.1 Å². The summed E-state index contributed by atoms with van der Waals surface area (Å²) in [4.78, 5) is 15.4. The van der Waals surface area contributed by atoms with Gasteiger partial charge in [-0.05, 0) is 31.4 Å². The minimum Gasteiger partial charge on any atom is -0.390 e. The van der Waals surface area contributed by atoms with Crippen molar-refractivity contribution in [1.82, 2.24) is 19.9 Å². The maximum Gasteiger partial charge on any atom is 0.178 e. The first-order chi connectivity index (χ1) is 10.5. The minimum absolute atomic E-state index is 0.273. The van der Waals surface area contributed by atoms with Crippen LogP contribution in [0.1, 0.15) is 25.8 Å². The van der Waals surface area contributed by atoms with Gasteiger partial charge in [0.15, 0.2) is 5.82 Å². The van der Waals surface area contributed by atoms with Crippen LogP contribution in [0, 0.1) is 5.92 Å². The predicted molar refractivity (Wildman–Crippen MR) is 84.9 cm³/mol. The summed E-state index contributed by atoms with van der Waals surface area (Å²) in [7, 11) is 0. The Balaban J connectivity index is 1.65. The number of nitrogens with zero attached hydrogens (tertiary/aromatic N) is 4. The van der Waals surface area contributed by atoms with Gasteiger partial charge in [-0.1, -0.05) is 13.0 Å². The van der Waals surface area contributed by atoms with Crippen LogP contribution in [0.25, 0.3) is 11.5 Å². The third-order valence-corrected chi connectivity index (χ3v) is 4.53. The maximum absolute atomic E-state index is 10.2. The lowest BCUT2D eigenvalue weighted by Gasteiger charge is -2.41. The third-order valence-electron chi connectivity index (χ3n) is 4.53. The van der Waals surface area contributed by atoms with E-state index in [9.17, 15) is 5.11 Å². The van der Waals surface area contributed by atoms with Gasteiger partial charge in [0.2, 0.25) is 0 Å². The Morgan fingerprint density at radius 3 is 2.68 bits per heavy atom. The summed E-state index contributed by atoms with van der Waals surface area (Å²) in [5.74, 6) is 0.925. The number of aliphatic hydroxyl groups is 1. The maximum atomic E-state index is 10.2. The Morgan fingerprint density at radius 1 is 1.27 bits per heavy atom. The van der Waals surface area contributed by atoms with Crippen LogP contribution in [0.2, 0.25) is 0 Å². The Morgan fingerprint density at radius 2 is 2.05 bits per heavy atom. The van der Waals surface area contributed by atoms with Crippen LogP contribution < -0.4 is 0 Å². The number of rotatable bonds is 3. The Bertz CT molecular complexity index is 612. The van der Waals surface area contributed by atoms with Gasteiger partial charge >= 0.3 is 0 Å². The largest absolute Gasteiger partial charge is 0.390 e. The van der Waals surface area contributed by atoms with Crippen LogP contribution in [0.15, 0.2) is 36.8 Å². The van der Waals surface area contributed by atoms with Crippen molar-refractivity contribution in [3.63, 3.8) is 0 Å². The second-order valence-corrected chi connectivity index (χ2v) is 6.37. The van der Waals surface area contributed by atoms with Gasteiger partial charge in [0.25, 0.3) is 0 Å². The summed E-state index contributed by atoms with van der Waals surface area (Å²) in [6, 6.07) is 5.72. The fraction of sp³-hybridized carbons (Fsp3) is 0.471. The summed E-state index contributed by atoms with van der Waals surface area (Å²) in [5.41, 5.74) is 1.33. The summed E-state index contributed by atoms with van der Waals surface area (Å²) < 4.78 is 0. The van der Waals surface area contributed by atoms with E-state index in [1.807, 2.05) is 37.5 Å². The van der Waals surface area contributed by atoms with E-state index in [2.05, 4.69) is 26.8 Å². The first kappa shape index (κ1) is 15.1. The molecule has 0 bridgehead atoms. The lowest BCUT2D eigenvalue weighted by atomic mass is 9.84. The molecular weight excluding hydrogens is 276 g/mol. The van der Waals surface area contributed by atoms with Gasteiger partial charge < -0.3 is 5.11 Å². The SMILES string of the molecule is C[C@@H]1CN(Cc2cnc(-c3ccccn3)nc2)CC[C@]1(C)O. The summed E-state index contributed by atoms with van der Waals surface area (Å²) in [6.07, 6.45) is 6.29. The second-order valence-electron chi connectivity index (χ2n) is 6.37. The van der Waals surface area contributed by atoms with Crippen LogP contribution in [-0.2, 0) is 6.54 Å². The highest BCUT2D eigenvalue weighted by molar-refractivity contribution is 5.47. The molecule has 0 radical (unpaired) electrons. The van der Waals surface area contributed by atoms with E-state index in [-0.39, 0.29) is 5.92 Å². The van der Waals surface area contributed by atoms with E-state index < -0.39 is 5.60 Å². The molecule has 3 rings (SSSR count). The molecule has 0 saturated carbocycles. The van der Waals surface area contributed by atoms with Crippen LogP contribution in [0.3, 0.4) is 0 Å². The molecule has 116 valence electrons. The molecule has 5 nitrogen and oxygen atoms in total. The highest BCUT2D eigenvalue weighted by Gasteiger charge is 2.34. The number of pyridine rings is 1. The first-order valence-corrected chi connectivity index (χ1v) is 7.72. The zero-order valence-corrected chi connectivity index (χ0v) is 13.1. The van der Waals surface area contributed by atoms with E-state index >= 15 is 0 Å². The van der Waals surface area contributed by atoms with E-state index in [1.165, 1.54) is 0 Å². The molecule has 2 atom stereocenters. The van der Waals surface area contributed by atoms with Crippen molar-refractivity contribution in [1.29, 1.82) is 0 Å². The summed E-state index contributed by atoms with van der Waals surface area (Å²) in [5, 5.41) is 10.2. The number of hydrogen-bond acceptors (Lipinski definition) is 5. The van der Waals surface area contributed by atoms with Crippen molar-refractivity contribution in [3.05, 3.63) is 42.4 Å². The molecule has 0 aromatic carbocycles. The Labute approximate surface area is 131 Å². The highest BCUT2D eigenvalue weighted by Crippen LogP contribution is 2.27. The summed E-state index contributed by atoms with van der Waals surface area (Å²) in [6.45, 7) is 6.66. The zero-order valence-electron chi connectivity index (χ0n) is 13.1. The molecule has 1 fully saturated rings. The van der Waals surface area contributed by atoms with Gasteiger partial charge in [-0.3, -0.25) is 9.88 Å². The monoisotopic (exact) mass is 298 g/mol. The van der Waals surface area contributed by atoms with Crippen LogP contribution in [-0.4, -0.2) is 43.6 Å². The molecule has 22 heavy (non-hydrogen) atoms. The first-order valence-electron chi connectivity index (χ1n) is 7.72. The molecule has 0 aliphatic carbocycles. The second kappa shape index (κ2) is 6.10. The van der Waals surface area contributed by atoms with Gasteiger partial charge in [-0.2, -0.15) is 0 Å². The molecule has 2 aromatic rings. The minimum atomic E-state index is -0.546. The van der Waals surface area contributed by atoms with Gasteiger partial charge in [0, 0.05) is 43.8 Å². The van der Waals surface area contributed by atoms with Crippen LogP contribution in [0.5, 0.6) is 0 Å². The normalized spacial score (nSPS) is 26.0. The van der Waals surface area contributed by atoms with E-state index in [1.54, 1.807) is 6.20 Å². The average molecular weight is 298 g/mol. The van der Waals surface area contributed by atoms with Crippen molar-refractivity contribution in [2.75, 3.05) is 13.1 Å². The Kier molecular flexibility index (Phi) is 4.18. The van der Waals surface area contributed by atoms with Crippen molar-refractivity contribution >= 4 is 0 Å². The third kappa shape index (κ3) is 3.31. The standard InChI is InChI=1S/C17H22N4O/c1-13-11-21(8-6-17(13,2)22)12-14-9-19-16(20-10-14)15-5-3-4-7-18-15/h3-5,7,9-10,13,22H,6,8,11-12H2,1-2H3/t13-,17+/m1/s1. The van der Waals surface area contributed by atoms with Gasteiger partial charge in [-0.25, -0.2) is 9.97 Å². The van der Waals surface area contributed by atoms with Gasteiger partial charge in [-0.15, -0.1) is 0 Å². The molecule has 1 aliphatic heterocycles. The van der Waals surface area contributed by atoms with Crippen molar-refractivity contribution in [3.8, 4) is 11.5 Å². The number of likely N-dealkylation sites (tertiary alicyclic amines) is 1.